The second-order valence-electron chi connectivity index (χ2n) is 5.81. The normalized spacial score (nSPS) is 10.4. The van der Waals surface area contributed by atoms with Gasteiger partial charge in [-0.25, -0.2) is 0 Å². The number of aryl methyl sites for hydroxylation is 2. The Hall–Kier alpha value is -2.78. The van der Waals surface area contributed by atoms with Crippen LogP contribution in [0.1, 0.15) is 21.5 Å². The Morgan fingerprint density at radius 2 is 1.56 bits per heavy atom. The van der Waals surface area contributed by atoms with E-state index >= 15 is 0 Å². The van der Waals surface area contributed by atoms with Gasteiger partial charge in [-0.1, -0.05) is 29.8 Å². The van der Waals surface area contributed by atoms with Gasteiger partial charge in [0.2, 0.25) is 0 Å². The second-order valence-corrected chi connectivity index (χ2v) is 6.21. The molecule has 0 atom stereocenters. The predicted octanol–water partition coefficient (Wildman–Crippen LogP) is 6.00. The van der Waals surface area contributed by atoms with Gasteiger partial charge in [-0.2, -0.15) is 0 Å². The first kappa shape index (κ1) is 17.1. The quantitative estimate of drug-likeness (QED) is 0.625. The number of rotatable bonds is 4. The standard InChI is InChI=1S/C21H18ClNO2/c1-14-7-10-18(13-15(14)2)25-17-11-8-16(9-12-17)23-21(24)19-5-3-4-6-20(19)22/h3-13H,1-2H3,(H,23,24). The number of hydrogen-bond acceptors (Lipinski definition) is 2. The summed E-state index contributed by atoms with van der Waals surface area (Å²) in [7, 11) is 0. The number of ether oxygens (including phenoxy) is 1. The number of halogens is 1. The number of hydrogen-bond donors (Lipinski definition) is 1. The summed E-state index contributed by atoms with van der Waals surface area (Å²) >= 11 is 6.04. The van der Waals surface area contributed by atoms with E-state index in [2.05, 4.69) is 19.2 Å². The van der Waals surface area contributed by atoms with Gasteiger partial charge in [0.05, 0.1) is 10.6 Å². The maximum absolute atomic E-state index is 12.3. The zero-order valence-corrected chi connectivity index (χ0v) is 14.8. The first-order chi connectivity index (χ1) is 12.0. The van der Waals surface area contributed by atoms with Gasteiger partial charge in [0.15, 0.2) is 0 Å². The molecule has 0 aromatic heterocycles. The molecule has 0 aliphatic rings. The SMILES string of the molecule is Cc1ccc(Oc2ccc(NC(=O)c3ccccc3Cl)cc2)cc1C. The number of carbonyl (C=O) groups is 1. The monoisotopic (exact) mass is 351 g/mol. The zero-order valence-electron chi connectivity index (χ0n) is 14.0. The molecule has 1 N–H and O–H groups in total. The largest absolute Gasteiger partial charge is 0.457 e. The summed E-state index contributed by atoms with van der Waals surface area (Å²) in [6.07, 6.45) is 0. The number of anilines is 1. The van der Waals surface area contributed by atoms with Gasteiger partial charge >= 0.3 is 0 Å². The van der Waals surface area contributed by atoms with Crippen LogP contribution in [-0.2, 0) is 0 Å². The minimum absolute atomic E-state index is 0.242. The molecule has 0 spiro atoms. The molecule has 0 radical (unpaired) electrons. The second kappa shape index (κ2) is 7.41. The summed E-state index contributed by atoms with van der Waals surface area (Å²) < 4.78 is 5.84. The maximum Gasteiger partial charge on any atom is 0.257 e. The minimum atomic E-state index is -0.242. The fourth-order valence-electron chi connectivity index (χ4n) is 2.36. The van der Waals surface area contributed by atoms with Gasteiger partial charge in [-0.15, -0.1) is 0 Å². The van der Waals surface area contributed by atoms with Crippen LogP contribution < -0.4 is 10.1 Å². The molecule has 0 aliphatic carbocycles. The molecule has 0 aliphatic heterocycles. The van der Waals surface area contributed by atoms with E-state index in [9.17, 15) is 4.79 Å². The Labute approximate surface area is 152 Å². The molecule has 0 unspecified atom stereocenters. The Bertz CT molecular complexity index is 904. The van der Waals surface area contributed by atoms with E-state index in [0.717, 1.165) is 5.75 Å². The molecule has 0 saturated heterocycles. The lowest BCUT2D eigenvalue weighted by molar-refractivity contribution is 0.102. The van der Waals surface area contributed by atoms with Gasteiger partial charge in [-0.05, 0) is 73.5 Å². The number of benzene rings is 3. The lowest BCUT2D eigenvalue weighted by Crippen LogP contribution is -2.12. The highest BCUT2D eigenvalue weighted by Crippen LogP contribution is 2.25. The lowest BCUT2D eigenvalue weighted by atomic mass is 10.1. The van der Waals surface area contributed by atoms with Crippen LogP contribution in [0.25, 0.3) is 0 Å². The lowest BCUT2D eigenvalue weighted by Gasteiger charge is -2.10. The molecular formula is C21H18ClNO2. The smallest absolute Gasteiger partial charge is 0.257 e. The van der Waals surface area contributed by atoms with Crippen LogP contribution in [0.2, 0.25) is 5.02 Å². The van der Waals surface area contributed by atoms with Crippen molar-refractivity contribution in [3.05, 3.63) is 88.4 Å². The molecule has 126 valence electrons. The van der Waals surface area contributed by atoms with Crippen LogP contribution in [0.4, 0.5) is 5.69 Å². The highest BCUT2D eigenvalue weighted by atomic mass is 35.5. The molecular weight excluding hydrogens is 334 g/mol. The fraction of sp³-hybridized carbons (Fsp3) is 0.0952. The van der Waals surface area contributed by atoms with E-state index in [1.807, 2.05) is 30.3 Å². The van der Waals surface area contributed by atoms with Crippen molar-refractivity contribution in [3.63, 3.8) is 0 Å². The van der Waals surface area contributed by atoms with E-state index in [1.54, 1.807) is 36.4 Å². The zero-order chi connectivity index (χ0) is 17.8. The van der Waals surface area contributed by atoms with Crippen molar-refractivity contribution in [2.75, 3.05) is 5.32 Å². The van der Waals surface area contributed by atoms with E-state index < -0.39 is 0 Å². The van der Waals surface area contributed by atoms with Crippen molar-refractivity contribution >= 4 is 23.2 Å². The summed E-state index contributed by atoms with van der Waals surface area (Å²) in [6, 6.07) is 20.1. The van der Waals surface area contributed by atoms with Crippen LogP contribution in [0.3, 0.4) is 0 Å². The topological polar surface area (TPSA) is 38.3 Å². The average Bonchev–Trinajstić information content (AvgIpc) is 2.60. The molecule has 0 heterocycles. The first-order valence-electron chi connectivity index (χ1n) is 7.94. The van der Waals surface area contributed by atoms with E-state index in [-0.39, 0.29) is 5.91 Å². The molecule has 3 nitrogen and oxygen atoms in total. The summed E-state index contributed by atoms with van der Waals surface area (Å²) in [5.41, 5.74) is 3.53. The van der Waals surface area contributed by atoms with Crippen LogP contribution in [0.15, 0.2) is 66.7 Å². The van der Waals surface area contributed by atoms with Crippen LogP contribution in [0, 0.1) is 13.8 Å². The number of nitrogens with one attached hydrogen (secondary N) is 1. The summed E-state index contributed by atoms with van der Waals surface area (Å²) in [5, 5.41) is 3.25. The third-order valence-electron chi connectivity index (χ3n) is 3.94. The molecule has 4 heteroatoms. The van der Waals surface area contributed by atoms with Crippen LogP contribution in [-0.4, -0.2) is 5.91 Å². The third kappa shape index (κ3) is 4.20. The van der Waals surface area contributed by atoms with Crippen LogP contribution in [0.5, 0.6) is 11.5 Å². The van der Waals surface area contributed by atoms with E-state index in [1.165, 1.54) is 11.1 Å². The van der Waals surface area contributed by atoms with Gasteiger partial charge < -0.3 is 10.1 Å². The highest BCUT2D eigenvalue weighted by Gasteiger charge is 2.09. The van der Waals surface area contributed by atoms with Gasteiger partial charge in [-0.3, -0.25) is 4.79 Å². The Kier molecular flexibility index (Phi) is 5.05. The van der Waals surface area contributed by atoms with Crippen molar-refractivity contribution in [1.29, 1.82) is 0 Å². The first-order valence-corrected chi connectivity index (χ1v) is 8.32. The van der Waals surface area contributed by atoms with Crippen molar-refractivity contribution in [1.82, 2.24) is 0 Å². The molecule has 3 aromatic rings. The molecule has 1 amide bonds. The number of amides is 1. The maximum atomic E-state index is 12.3. The average molecular weight is 352 g/mol. The molecule has 0 fully saturated rings. The van der Waals surface area contributed by atoms with E-state index in [0.29, 0.717) is 22.0 Å². The fourth-order valence-corrected chi connectivity index (χ4v) is 2.59. The summed E-state index contributed by atoms with van der Waals surface area (Å²) in [4.78, 5) is 12.3. The molecule has 25 heavy (non-hydrogen) atoms. The van der Waals surface area contributed by atoms with E-state index in [4.69, 9.17) is 16.3 Å². The molecule has 3 rings (SSSR count). The Morgan fingerprint density at radius 3 is 2.24 bits per heavy atom. The highest BCUT2D eigenvalue weighted by molar-refractivity contribution is 6.34. The van der Waals surface area contributed by atoms with Gasteiger partial charge in [0.25, 0.3) is 5.91 Å². The third-order valence-corrected chi connectivity index (χ3v) is 4.27. The summed E-state index contributed by atoms with van der Waals surface area (Å²) in [6.45, 7) is 4.12. The van der Waals surface area contributed by atoms with Gasteiger partial charge in [0, 0.05) is 5.69 Å². The van der Waals surface area contributed by atoms with Crippen molar-refractivity contribution in [2.45, 2.75) is 13.8 Å². The molecule has 0 bridgehead atoms. The number of carbonyl (C=O) groups excluding carboxylic acids is 1. The Morgan fingerprint density at radius 1 is 0.880 bits per heavy atom. The Balaban J connectivity index is 1.69. The molecule has 0 saturated carbocycles. The predicted molar refractivity (Wildman–Crippen MR) is 102 cm³/mol. The van der Waals surface area contributed by atoms with Crippen molar-refractivity contribution in [3.8, 4) is 11.5 Å². The minimum Gasteiger partial charge on any atom is -0.457 e. The van der Waals surface area contributed by atoms with Crippen molar-refractivity contribution in [2.24, 2.45) is 0 Å². The van der Waals surface area contributed by atoms with Gasteiger partial charge in [0.1, 0.15) is 11.5 Å². The molecule has 3 aromatic carbocycles. The summed E-state index contributed by atoms with van der Waals surface area (Å²) in [5.74, 6) is 1.25. The van der Waals surface area contributed by atoms with Crippen molar-refractivity contribution < 1.29 is 9.53 Å². The van der Waals surface area contributed by atoms with Crippen LogP contribution >= 0.6 is 11.6 Å².